The number of hydrogen-bond donors (Lipinski definition) is 2. The first kappa shape index (κ1) is 22.4. The van der Waals surface area contributed by atoms with Gasteiger partial charge in [-0.05, 0) is 43.9 Å². The molecule has 178 valence electrons. The average Bonchev–Trinajstić information content (AvgIpc) is 3.17. The van der Waals surface area contributed by atoms with Crippen LogP contribution in [-0.4, -0.2) is 43.5 Å². The average molecular weight is 455 g/mol. The molecule has 5 atom stereocenters. The summed E-state index contributed by atoms with van der Waals surface area (Å²) >= 11 is 0. The molecule has 0 bridgehead atoms. The Morgan fingerprint density at radius 1 is 1.24 bits per heavy atom. The number of nitrogens with one attached hydrogen (secondary N) is 2. The summed E-state index contributed by atoms with van der Waals surface area (Å²) in [5.74, 6) is 0.618. The van der Waals surface area contributed by atoms with Gasteiger partial charge in [0.2, 0.25) is 0 Å². The summed E-state index contributed by atoms with van der Waals surface area (Å²) in [6, 6.07) is 1.51. The molecule has 0 aromatic heterocycles. The Hall–Kier alpha value is -2.41. The third-order valence-corrected chi connectivity index (χ3v) is 9.54. The molecule has 5 rings (SSSR count). The smallest absolute Gasteiger partial charge is 0.338 e. The van der Waals surface area contributed by atoms with E-state index in [1.165, 1.54) is 7.11 Å². The number of carbonyl (C=O) groups excluding carboxylic acids is 3. The van der Waals surface area contributed by atoms with E-state index in [0.717, 1.165) is 30.4 Å². The number of hydrogen-bond acceptors (Lipinski definition) is 6. The first-order valence-electron chi connectivity index (χ1n) is 12.0. The number of Topliss-reactive ketones (excluding diaryl/α,β-unsaturated/α-hetero) is 1. The quantitative estimate of drug-likeness (QED) is 0.668. The lowest BCUT2D eigenvalue weighted by atomic mass is 9.43. The zero-order valence-electron chi connectivity index (χ0n) is 20.4. The first-order chi connectivity index (χ1) is 15.5. The second-order valence-electron chi connectivity index (χ2n) is 11.2. The molecule has 1 spiro atoms. The molecular weight excluding hydrogens is 420 g/mol. The van der Waals surface area contributed by atoms with Crippen LogP contribution in [0.15, 0.2) is 6.07 Å². The molecule has 2 saturated carbocycles. The van der Waals surface area contributed by atoms with E-state index in [1.807, 2.05) is 7.05 Å². The maximum absolute atomic E-state index is 13.4. The second-order valence-corrected chi connectivity index (χ2v) is 11.2. The van der Waals surface area contributed by atoms with Gasteiger partial charge in [0.1, 0.15) is 11.4 Å². The highest BCUT2D eigenvalue weighted by atomic mass is 16.5. The number of rotatable bonds is 2. The van der Waals surface area contributed by atoms with Crippen LogP contribution in [0.5, 0.6) is 5.75 Å². The van der Waals surface area contributed by atoms with Crippen LogP contribution in [0.4, 0.5) is 0 Å². The Balaban J connectivity index is 1.75. The number of ether oxygens (including phenoxy) is 2. The van der Waals surface area contributed by atoms with Crippen molar-refractivity contribution >= 4 is 17.7 Å². The van der Waals surface area contributed by atoms with Gasteiger partial charge in [-0.25, -0.2) is 4.79 Å². The molecule has 2 N–H and O–H groups in total. The number of amides is 1. The van der Waals surface area contributed by atoms with E-state index in [0.29, 0.717) is 35.8 Å². The summed E-state index contributed by atoms with van der Waals surface area (Å²) in [6.45, 7) is 9.03. The fourth-order valence-electron chi connectivity index (χ4n) is 7.48. The molecular formula is C26H34N2O5. The summed E-state index contributed by atoms with van der Waals surface area (Å²) in [7, 11) is 3.18. The van der Waals surface area contributed by atoms with E-state index < -0.39 is 17.0 Å². The van der Waals surface area contributed by atoms with Gasteiger partial charge in [0.25, 0.3) is 5.91 Å². The third-order valence-electron chi connectivity index (χ3n) is 9.54. The van der Waals surface area contributed by atoms with Crippen LogP contribution < -0.4 is 15.4 Å². The van der Waals surface area contributed by atoms with Gasteiger partial charge >= 0.3 is 5.97 Å². The number of fused-ring (bicyclic) bond motifs is 3. The minimum absolute atomic E-state index is 0.0671. The lowest BCUT2D eigenvalue weighted by Crippen LogP contribution is -2.73. The standard InChI is InChI=1S/C26H34N2O5/c1-13-7-8-18-24(2,3)21(29)17(27-5)11-26(18)25(13,4)10-14-9-15(23(31)32-6)19-16(20(14)33-26)12-28-22(19)30/h9,13,17-18,27H,7-8,10-12H2,1-6H3,(H,28,30)/t13-,17?,18-,25+,26-/m0/s1. The molecule has 1 unspecified atom stereocenters. The molecule has 7 heteroatoms. The Bertz CT molecular complexity index is 1080. The molecule has 1 aromatic carbocycles. The summed E-state index contributed by atoms with van der Waals surface area (Å²) in [6.07, 6.45) is 3.29. The van der Waals surface area contributed by atoms with Gasteiger partial charge in [0.05, 0.1) is 24.3 Å². The molecule has 1 aromatic rings. The molecule has 2 fully saturated rings. The van der Waals surface area contributed by atoms with E-state index in [4.69, 9.17) is 9.47 Å². The molecule has 1 amide bonds. The largest absolute Gasteiger partial charge is 0.486 e. The van der Waals surface area contributed by atoms with Gasteiger partial charge in [-0.3, -0.25) is 9.59 Å². The van der Waals surface area contributed by atoms with Crippen LogP contribution in [0.25, 0.3) is 0 Å². The van der Waals surface area contributed by atoms with Crippen LogP contribution in [-0.2, 0) is 22.5 Å². The Morgan fingerprint density at radius 3 is 2.64 bits per heavy atom. The fourth-order valence-corrected chi connectivity index (χ4v) is 7.48. The number of methoxy groups -OCH3 is 1. The van der Waals surface area contributed by atoms with Crippen LogP contribution in [0.1, 0.15) is 78.8 Å². The molecule has 4 aliphatic rings. The number of esters is 1. The molecule has 2 aliphatic heterocycles. The lowest BCUT2D eigenvalue weighted by Gasteiger charge is -2.66. The van der Waals surface area contributed by atoms with E-state index in [9.17, 15) is 14.4 Å². The van der Waals surface area contributed by atoms with E-state index >= 15 is 0 Å². The second kappa shape index (κ2) is 7.05. The van der Waals surface area contributed by atoms with Crippen molar-refractivity contribution in [2.24, 2.45) is 22.7 Å². The zero-order chi connectivity index (χ0) is 23.9. The van der Waals surface area contributed by atoms with Crippen molar-refractivity contribution in [1.29, 1.82) is 0 Å². The molecule has 7 nitrogen and oxygen atoms in total. The predicted octanol–water partition coefficient (Wildman–Crippen LogP) is 3.03. The summed E-state index contributed by atoms with van der Waals surface area (Å²) in [5, 5.41) is 6.12. The molecule has 2 heterocycles. The molecule has 0 saturated heterocycles. The molecule has 2 aliphatic carbocycles. The van der Waals surface area contributed by atoms with Gasteiger partial charge < -0.3 is 20.1 Å². The van der Waals surface area contributed by atoms with Gasteiger partial charge in [-0.2, -0.15) is 0 Å². The van der Waals surface area contributed by atoms with Crippen molar-refractivity contribution in [2.45, 2.75) is 71.6 Å². The van der Waals surface area contributed by atoms with Crippen molar-refractivity contribution in [1.82, 2.24) is 10.6 Å². The Labute approximate surface area is 195 Å². The summed E-state index contributed by atoms with van der Waals surface area (Å²) in [5.41, 5.74) is 1.04. The maximum atomic E-state index is 13.4. The van der Waals surface area contributed by atoms with Crippen molar-refractivity contribution in [3.05, 3.63) is 28.3 Å². The molecule has 0 radical (unpaired) electrons. The monoisotopic (exact) mass is 454 g/mol. The Kier molecular flexibility index (Phi) is 4.78. The van der Waals surface area contributed by atoms with E-state index in [-0.39, 0.29) is 29.1 Å². The first-order valence-corrected chi connectivity index (χ1v) is 12.0. The van der Waals surface area contributed by atoms with Crippen LogP contribution in [0.3, 0.4) is 0 Å². The highest BCUT2D eigenvalue weighted by molar-refractivity contribution is 6.09. The third kappa shape index (κ3) is 2.69. The lowest BCUT2D eigenvalue weighted by molar-refractivity contribution is -0.212. The van der Waals surface area contributed by atoms with E-state index in [1.54, 1.807) is 6.07 Å². The highest BCUT2D eigenvalue weighted by Gasteiger charge is 2.69. The van der Waals surface area contributed by atoms with Crippen molar-refractivity contribution < 1.29 is 23.9 Å². The van der Waals surface area contributed by atoms with Crippen LogP contribution in [0, 0.1) is 22.7 Å². The normalized spacial score (nSPS) is 36.0. The van der Waals surface area contributed by atoms with Crippen molar-refractivity contribution in [3.63, 3.8) is 0 Å². The Morgan fingerprint density at radius 2 is 1.97 bits per heavy atom. The van der Waals surface area contributed by atoms with Gasteiger partial charge in [0.15, 0.2) is 5.78 Å². The predicted molar refractivity (Wildman–Crippen MR) is 122 cm³/mol. The van der Waals surface area contributed by atoms with Crippen molar-refractivity contribution in [2.75, 3.05) is 14.2 Å². The fraction of sp³-hybridized carbons (Fsp3) is 0.654. The summed E-state index contributed by atoms with van der Waals surface area (Å²) in [4.78, 5) is 38.7. The number of likely N-dealkylation sites (N-methyl/N-ethyl adjacent to an activating group) is 1. The highest BCUT2D eigenvalue weighted by Crippen LogP contribution is 2.65. The maximum Gasteiger partial charge on any atom is 0.338 e. The summed E-state index contributed by atoms with van der Waals surface area (Å²) < 4.78 is 12.1. The zero-order valence-corrected chi connectivity index (χ0v) is 20.4. The molecule has 33 heavy (non-hydrogen) atoms. The van der Waals surface area contributed by atoms with Crippen LogP contribution in [0.2, 0.25) is 0 Å². The number of benzene rings is 1. The number of ketones is 1. The van der Waals surface area contributed by atoms with Crippen molar-refractivity contribution in [3.8, 4) is 5.75 Å². The van der Waals surface area contributed by atoms with Crippen LogP contribution >= 0.6 is 0 Å². The van der Waals surface area contributed by atoms with E-state index in [2.05, 4.69) is 38.3 Å². The minimum Gasteiger partial charge on any atom is -0.486 e. The number of carbonyl (C=O) groups is 3. The SMILES string of the molecule is CNC1C[C@@]23Oc4c(cc(C(=O)OC)c5c4CNC5=O)C[C@]2(C)[C@@H](C)CC[C@H]3C(C)(C)C1=O. The minimum atomic E-state index is -0.547. The van der Waals surface area contributed by atoms with Gasteiger partial charge in [-0.1, -0.05) is 27.7 Å². The van der Waals surface area contributed by atoms with Gasteiger partial charge in [-0.15, -0.1) is 0 Å². The topological polar surface area (TPSA) is 93.7 Å². The van der Waals surface area contributed by atoms with Gasteiger partial charge in [0, 0.05) is 35.3 Å².